The lowest BCUT2D eigenvalue weighted by molar-refractivity contribution is -0.136. The molecule has 0 fully saturated rings. The van der Waals surface area contributed by atoms with E-state index in [2.05, 4.69) is 15.9 Å². The van der Waals surface area contributed by atoms with Gasteiger partial charge in [0, 0.05) is 22.5 Å². The normalized spacial score (nSPS) is 13.9. The maximum atomic E-state index is 13.3. The van der Waals surface area contributed by atoms with Crippen molar-refractivity contribution in [3.8, 4) is 0 Å². The zero-order valence-corrected chi connectivity index (χ0v) is 9.78. The minimum absolute atomic E-state index is 0.0959. The van der Waals surface area contributed by atoms with Crippen molar-refractivity contribution in [2.75, 3.05) is 0 Å². The van der Waals surface area contributed by atoms with Crippen LogP contribution in [-0.4, -0.2) is 6.18 Å². The van der Waals surface area contributed by atoms with Gasteiger partial charge in [-0.2, -0.15) is 13.2 Å². The summed E-state index contributed by atoms with van der Waals surface area (Å²) in [5, 5.41) is 0. The molecular weight excluding hydrogens is 290 g/mol. The average molecular weight is 300 g/mol. The van der Waals surface area contributed by atoms with Gasteiger partial charge >= 0.3 is 6.18 Å². The number of nitrogens with two attached hydrogens (primary N) is 1. The second-order valence-electron chi connectivity index (χ2n) is 3.43. The third-order valence-corrected chi connectivity index (χ3v) is 2.59. The van der Waals surface area contributed by atoms with Gasteiger partial charge in [0.1, 0.15) is 5.82 Å². The lowest BCUT2D eigenvalue weighted by Crippen LogP contribution is -2.16. The number of rotatable bonds is 3. The maximum absolute atomic E-state index is 13.3. The summed E-state index contributed by atoms with van der Waals surface area (Å²) in [6.07, 6.45) is -5.60. The van der Waals surface area contributed by atoms with Crippen LogP contribution >= 0.6 is 15.9 Å². The van der Waals surface area contributed by atoms with Crippen LogP contribution < -0.4 is 5.73 Å². The van der Waals surface area contributed by atoms with E-state index in [0.29, 0.717) is 4.47 Å². The zero-order valence-electron chi connectivity index (χ0n) is 8.19. The van der Waals surface area contributed by atoms with E-state index >= 15 is 0 Å². The molecule has 0 saturated heterocycles. The Morgan fingerprint density at radius 1 is 1.31 bits per heavy atom. The Hall–Kier alpha value is -0.620. The van der Waals surface area contributed by atoms with Gasteiger partial charge in [0.15, 0.2) is 0 Å². The van der Waals surface area contributed by atoms with Crippen LogP contribution in [0.5, 0.6) is 0 Å². The summed E-state index contributed by atoms with van der Waals surface area (Å²) in [6.45, 7) is 0. The molecule has 0 aliphatic rings. The van der Waals surface area contributed by atoms with Crippen LogP contribution in [-0.2, 0) is 0 Å². The molecule has 1 aromatic rings. The standard InChI is InChI=1S/C10H10BrF4N/c11-6-1-2-8(12)7(5-6)9(16)3-4-10(13,14)15/h1-2,5,9H,3-4,16H2. The molecule has 0 saturated carbocycles. The largest absolute Gasteiger partial charge is 0.389 e. The average Bonchev–Trinajstić information content (AvgIpc) is 2.17. The third kappa shape index (κ3) is 4.09. The summed E-state index contributed by atoms with van der Waals surface area (Å²) in [5.74, 6) is -0.585. The van der Waals surface area contributed by atoms with Gasteiger partial charge in [0.25, 0.3) is 0 Å². The van der Waals surface area contributed by atoms with Gasteiger partial charge in [-0.25, -0.2) is 4.39 Å². The van der Waals surface area contributed by atoms with Gasteiger partial charge in [-0.3, -0.25) is 0 Å². The molecule has 1 unspecified atom stereocenters. The molecule has 0 aliphatic heterocycles. The molecule has 16 heavy (non-hydrogen) atoms. The highest BCUT2D eigenvalue weighted by Crippen LogP contribution is 2.28. The summed E-state index contributed by atoms with van der Waals surface area (Å²) in [4.78, 5) is 0. The first-order valence-corrected chi connectivity index (χ1v) is 5.36. The molecule has 0 amide bonds. The van der Waals surface area contributed by atoms with Crippen molar-refractivity contribution in [1.82, 2.24) is 0 Å². The van der Waals surface area contributed by atoms with Crippen molar-refractivity contribution in [2.45, 2.75) is 25.1 Å². The SMILES string of the molecule is NC(CCC(F)(F)F)c1cc(Br)ccc1F. The monoisotopic (exact) mass is 299 g/mol. The predicted octanol–water partition coefficient (Wildman–Crippen LogP) is 3.93. The maximum Gasteiger partial charge on any atom is 0.389 e. The number of alkyl halides is 3. The summed E-state index contributed by atoms with van der Waals surface area (Å²) in [7, 11) is 0. The molecule has 2 N–H and O–H groups in total. The third-order valence-electron chi connectivity index (χ3n) is 2.10. The molecule has 0 radical (unpaired) electrons. The van der Waals surface area contributed by atoms with Gasteiger partial charge in [-0.1, -0.05) is 15.9 Å². The fourth-order valence-corrected chi connectivity index (χ4v) is 1.65. The smallest absolute Gasteiger partial charge is 0.324 e. The minimum atomic E-state index is -4.26. The Labute approximate surface area is 98.8 Å². The molecule has 90 valence electrons. The highest BCUT2D eigenvalue weighted by Gasteiger charge is 2.28. The van der Waals surface area contributed by atoms with Gasteiger partial charge < -0.3 is 5.73 Å². The van der Waals surface area contributed by atoms with E-state index in [1.807, 2.05) is 0 Å². The van der Waals surface area contributed by atoms with Crippen molar-refractivity contribution in [2.24, 2.45) is 5.73 Å². The Morgan fingerprint density at radius 2 is 1.94 bits per heavy atom. The molecule has 0 heterocycles. The van der Waals surface area contributed by atoms with Crippen molar-refractivity contribution >= 4 is 15.9 Å². The van der Waals surface area contributed by atoms with E-state index in [0.717, 1.165) is 0 Å². The van der Waals surface area contributed by atoms with Crippen LogP contribution in [0.1, 0.15) is 24.4 Å². The summed E-state index contributed by atoms with van der Waals surface area (Å²) < 4.78 is 49.7. The molecular formula is C10H10BrF4N. The van der Waals surface area contributed by atoms with Gasteiger partial charge in [-0.15, -0.1) is 0 Å². The van der Waals surface area contributed by atoms with Crippen LogP contribution in [0.25, 0.3) is 0 Å². The number of halogens is 5. The number of benzene rings is 1. The molecule has 0 aromatic heterocycles. The number of hydrogen-bond donors (Lipinski definition) is 1. The fourth-order valence-electron chi connectivity index (χ4n) is 1.27. The van der Waals surface area contributed by atoms with Gasteiger partial charge in [0.2, 0.25) is 0 Å². The van der Waals surface area contributed by atoms with Crippen molar-refractivity contribution in [3.63, 3.8) is 0 Å². The second-order valence-corrected chi connectivity index (χ2v) is 4.34. The van der Waals surface area contributed by atoms with E-state index in [-0.39, 0.29) is 12.0 Å². The number of hydrogen-bond acceptors (Lipinski definition) is 1. The first kappa shape index (κ1) is 13.4. The van der Waals surface area contributed by atoms with Gasteiger partial charge in [-0.05, 0) is 24.6 Å². The lowest BCUT2D eigenvalue weighted by atomic mass is 10.0. The zero-order chi connectivity index (χ0) is 12.3. The summed E-state index contributed by atoms with van der Waals surface area (Å²) in [5.41, 5.74) is 5.61. The second kappa shape index (κ2) is 5.14. The molecule has 1 aromatic carbocycles. The Bertz CT molecular complexity index is 364. The van der Waals surface area contributed by atoms with Crippen molar-refractivity contribution < 1.29 is 17.6 Å². The van der Waals surface area contributed by atoms with Crippen LogP contribution in [0.3, 0.4) is 0 Å². The Morgan fingerprint density at radius 3 is 2.50 bits per heavy atom. The fraction of sp³-hybridized carbons (Fsp3) is 0.400. The van der Waals surface area contributed by atoms with E-state index in [9.17, 15) is 17.6 Å². The van der Waals surface area contributed by atoms with Crippen molar-refractivity contribution in [1.29, 1.82) is 0 Å². The Kier molecular flexibility index (Phi) is 4.32. The van der Waals surface area contributed by atoms with Crippen LogP contribution in [0, 0.1) is 5.82 Å². The molecule has 0 spiro atoms. The molecule has 0 aliphatic carbocycles. The van der Waals surface area contributed by atoms with E-state index in [4.69, 9.17) is 5.73 Å². The van der Waals surface area contributed by atoms with E-state index < -0.39 is 24.5 Å². The topological polar surface area (TPSA) is 26.0 Å². The Balaban J connectivity index is 2.73. The molecule has 1 rings (SSSR count). The first-order valence-electron chi connectivity index (χ1n) is 4.57. The summed E-state index contributed by atoms with van der Waals surface area (Å²) in [6, 6.07) is 3.09. The lowest BCUT2D eigenvalue weighted by Gasteiger charge is -2.14. The quantitative estimate of drug-likeness (QED) is 0.841. The van der Waals surface area contributed by atoms with Gasteiger partial charge in [0.05, 0.1) is 0 Å². The predicted molar refractivity (Wildman–Crippen MR) is 56.3 cm³/mol. The minimum Gasteiger partial charge on any atom is -0.324 e. The molecule has 0 bridgehead atoms. The summed E-state index contributed by atoms with van der Waals surface area (Å²) >= 11 is 3.11. The van der Waals surface area contributed by atoms with Crippen molar-refractivity contribution in [3.05, 3.63) is 34.1 Å². The van der Waals surface area contributed by atoms with E-state index in [1.165, 1.54) is 18.2 Å². The molecule has 6 heteroatoms. The first-order chi connectivity index (χ1) is 7.29. The van der Waals surface area contributed by atoms with Crippen LogP contribution in [0.2, 0.25) is 0 Å². The highest BCUT2D eigenvalue weighted by molar-refractivity contribution is 9.10. The molecule has 1 atom stereocenters. The van der Waals surface area contributed by atoms with Crippen LogP contribution in [0.4, 0.5) is 17.6 Å². The van der Waals surface area contributed by atoms with Crippen LogP contribution in [0.15, 0.2) is 22.7 Å². The van der Waals surface area contributed by atoms with E-state index in [1.54, 1.807) is 0 Å². The highest BCUT2D eigenvalue weighted by atomic mass is 79.9. The molecule has 1 nitrogen and oxygen atoms in total.